The molecule has 0 unspecified atom stereocenters. The fourth-order valence-corrected chi connectivity index (χ4v) is 8.70. The van der Waals surface area contributed by atoms with Gasteiger partial charge in [0.25, 0.3) is 0 Å². The Kier molecular flexibility index (Phi) is 3.20. The van der Waals surface area contributed by atoms with Crippen LogP contribution in [0.25, 0.3) is 0 Å². The van der Waals surface area contributed by atoms with Gasteiger partial charge in [-0.1, -0.05) is 36.4 Å². The van der Waals surface area contributed by atoms with Crippen molar-refractivity contribution in [1.29, 1.82) is 0 Å². The summed E-state index contributed by atoms with van der Waals surface area (Å²) in [7, 11) is -1.71. The molecule has 0 amide bonds. The first kappa shape index (κ1) is 16.4. The van der Waals surface area contributed by atoms with Crippen molar-refractivity contribution in [3.8, 4) is 11.5 Å². The van der Waals surface area contributed by atoms with E-state index in [9.17, 15) is 0 Å². The van der Waals surface area contributed by atoms with Crippen molar-refractivity contribution in [3.05, 3.63) is 59.7 Å². The quantitative estimate of drug-likeness (QED) is 0.595. The predicted molar refractivity (Wildman–Crippen MR) is 110 cm³/mol. The lowest BCUT2D eigenvalue weighted by atomic mass is 9.68. The van der Waals surface area contributed by atoms with Crippen molar-refractivity contribution in [1.82, 2.24) is 0 Å². The van der Waals surface area contributed by atoms with Crippen LogP contribution in [0.4, 0.5) is 0 Å². The van der Waals surface area contributed by atoms with Gasteiger partial charge in [0.05, 0.1) is 5.60 Å². The molecule has 0 aromatic heterocycles. The standard InChI is InChI=1S/C24H28O2Si/c1-27(2,3)26-24(19-13-15-12-16(19)14-20(15)24)23-17-8-4-6-10-21(17)25-22-11-7-5-9-18(22)23/h4-11,15-16,19-20,23H,12-14H2,1-3H3/t15-,16-,19-,20-/m1/s1. The molecule has 2 aromatic carbocycles. The van der Waals surface area contributed by atoms with Crippen molar-refractivity contribution in [2.75, 3.05) is 0 Å². The summed E-state index contributed by atoms with van der Waals surface area (Å²) < 4.78 is 13.6. The summed E-state index contributed by atoms with van der Waals surface area (Å²) in [6.45, 7) is 7.11. The molecule has 0 spiro atoms. The van der Waals surface area contributed by atoms with Crippen LogP contribution < -0.4 is 4.74 Å². The average molecular weight is 377 g/mol. The van der Waals surface area contributed by atoms with Crippen LogP contribution in [0.5, 0.6) is 11.5 Å². The molecule has 2 nitrogen and oxygen atoms in total. The SMILES string of the molecule is C[Si](C)(C)OC1(C2c3ccccc3Oc3ccccc32)[C@@H]2C[C@H]3C[C@@H]2C[C@H]31. The van der Waals surface area contributed by atoms with Gasteiger partial charge in [-0.25, -0.2) is 0 Å². The van der Waals surface area contributed by atoms with E-state index < -0.39 is 8.32 Å². The van der Waals surface area contributed by atoms with Crippen LogP contribution in [-0.4, -0.2) is 13.9 Å². The lowest BCUT2D eigenvalue weighted by molar-refractivity contribution is -0.0244. The summed E-state index contributed by atoms with van der Waals surface area (Å²) in [5.74, 6) is 5.53. The highest BCUT2D eigenvalue weighted by atomic mass is 28.4. The largest absolute Gasteiger partial charge is 0.457 e. The van der Waals surface area contributed by atoms with Gasteiger partial charge in [-0.2, -0.15) is 0 Å². The second-order valence-electron chi connectivity index (χ2n) is 10.1. The van der Waals surface area contributed by atoms with Crippen LogP contribution in [0, 0.1) is 23.7 Å². The monoisotopic (exact) mass is 376 g/mol. The van der Waals surface area contributed by atoms with Gasteiger partial charge in [0, 0.05) is 17.0 Å². The molecule has 4 saturated carbocycles. The van der Waals surface area contributed by atoms with Crippen molar-refractivity contribution < 1.29 is 9.16 Å². The first-order valence-corrected chi connectivity index (χ1v) is 13.9. The van der Waals surface area contributed by atoms with Crippen molar-refractivity contribution in [2.45, 2.75) is 50.4 Å². The number of rotatable bonds is 3. The van der Waals surface area contributed by atoms with E-state index in [0.717, 1.165) is 23.3 Å². The molecular formula is C24H28O2Si. The average Bonchev–Trinajstić information content (AvgIpc) is 3.36. The third-order valence-electron chi connectivity index (χ3n) is 7.63. The van der Waals surface area contributed by atoms with Crippen LogP contribution in [0.2, 0.25) is 19.6 Å². The normalized spacial score (nSPS) is 36.0. The topological polar surface area (TPSA) is 18.5 Å². The van der Waals surface area contributed by atoms with Crippen LogP contribution in [0.1, 0.15) is 36.3 Å². The fourth-order valence-electron chi connectivity index (χ4n) is 7.22. The first-order valence-electron chi connectivity index (χ1n) is 10.5. The maximum Gasteiger partial charge on any atom is 0.184 e. The van der Waals surface area contributed by atoms with Crippen LogP contribution in [0.3, 0.4) is 0 Å². The Morgan fingerprint density at radius 3 is 1.81 bits per heavy atom. The highest BCUT2D eigenvalue weighted by molar-refractivity contribution is 6.69. The Hall–Kier alpha value is -1.58. The minimum Gasteiger partial charge on any atom is -0.457 e. The Balaban J connectivity index is 1.60. The summed E-state index contributed by atoms with van der Waals surface area (Å²) in [6.07, 6.45) is 4.20. The zero-order valence-electron chi connectivity index (χ0n) is 16.4. The number of hydrogen-bond donors (Lipinski definition) is 0. The summed E-state index contributed by atoms with van der Waals surface area (Å²) in [6, 6.07) is 17.4. The molecule has 27 heavy (non-hydrogen) atoms. The van der Waals surface area contributed by atoms with E-state index in [4.69, 9.17) is 9.16 Å². The highest BCUT2D eigenvalue weighted by Crippen LogP contribution is 2.74. The molecule has 4 aliphatic carbocycles. The molecule has 7 rings (SSSR count). The third kappa shape index (κ3) is 2.10. The molecule has 4 bridgehead atoms. The lowest BCUT2D eigenvalue weighted by Crippen LogP contribution is -2.53. The molecule has 0 N–H and O–H groups in total. The molecule has 4 fully saturated rings. The summed E-state index contributed by atoms with van der Waals surface area (Å²) >= 11 is 0. The van der Waals surface area contributed by atoms with Gasteiger partial charge < -0.3 is 9.16 Å². The van der Waals surface area contributed by atoms with Gasteiger partial charge in [0.2, 0.25) is 0 Å². The van der Waals surface area contributed by atoms with Crippen molar-refractivity contribution in [3.63, 3.8) is 0 Å². The number of ether oxygens (including phenoxy) is 1. The van der Waals surface area contributed by atoms with Gasteiger partial charge >= 0.3 is 0 Å². The molecule has 1 heterocycles. The van der Waals surface area contributed by atoms with Gasteiger partial charge in [-0.05, 0) is 74.7 Å². The Morgan fingerprint density at radius 2 is 1.33 bits per heavy atom. The molecule has 5 aliphatic rings. The third-order valence-corrected chi connectivity index (χ3v) is 8.60. The summed E-state index contributed by atoms with van der Waals surface area (Å²) in [5.41, 5.74) is 2.65. The van der Waals surface area contributed by atoms with E-state index in [1.165, 1.54) is 30.4 Å². The zero-order chi connectivity index (χ0) is 18.4. The lowest BCUT2D eigenvalue weighted by Gasteiger charge is -2.50. The van der Waals surface area contributed by atoms with Crippen molar-refractivity contribution >= 4 is 8.32 Å². The number of para-hydroxylation sites is 2. The highest BCUT2D eigenvalue weighted by Gasteiger charge is 2.72. The summed E-state index contributed by atoms with van der Waals surface area (Å²) in [4.78, 5) is 0. The van der Waals surface area contributed by atoms with E-state index in [1.54, 1.807) is 0 Å². The molecule has 1 aliphatic heterocycles. The Morgan fingerprint density at radius 1 is 0.815 bits per heavy atom. The van der Waals surface area contributed by atoms with E-state index in [1.807, 2.05) is 0 Å². The first-order chi connectivity index (χ1) is 13.0. The Bertz CT molecular complexity index is 853. The zero-order valence-corrected chi connectivity index (χ0v) is 17.4. The fraction of sp³-hybridized carbons (Fsp3) is 0.500. The second-order valence-corrected chi connectivity index (χ2v) is 14.5. The van der Waals surface area contributed by atoms with Crippen LogP contribution >= 0.6 is 0 Å². The minimum atomic E-state index is -1.71. The molecular weight excluding hydrogens is 348 g/mol. The maximum absolute atomic E-state index is 7.31. The number of fused-ring (bicyclic) bond motifs is 2. The van der Waals surface area contributed by atoms with Crippen LogP contribution in [0.15, 0.2) is 48.5 Å². The number of hydrogen-bond acceptors (Lipinski definition) is 2. The molecule has 4 atom stereocenters. The smallest absolute Gasteiger partial charge is 0.184 e. The summed E-state index contributed by atoms with van der Waals surface area (Å²) in [5, 5.41) is 0. The van der Waals surface area contributed by atoms with Gasteiger partial charge in [0.15, 0.2) is 8.32 Å². The molecule has 0 saturated heterocycles. The van der Waals surface area contributed by atoms with Gasteiger partial charge in [0.1, 0.15) is 11.5 Å². The molecule has 0 radical (unpaired) electrons. The van der Waals surface area contributed by atoms with Crippen molar-refractivity contribution in [2.24, 2.45) is 23.7 Å². The van der Waals surface area contributed by atoms with Gasteiger partial charge in [-0.15, -0.1) is 0 Å². The van der Waals surface area contributed by atoms with E-state index in [-0.39, 0.29) is 5.60 Å². The Labute approximate surface area is 163 Å². The minimum absolute atomic E-state index is 0.0337. The van der Waals surface area contributed by atoms with Crippen LogP contribution in [-0.2, 0) is 4.43 Å². The van der Waals surface area contributed by atoms with E-state index >= 15 is 0 Å². The van der Waals surface area contributed by atoms with E-state index in [0.29, 0.717) is 17.8 Å². The molecule has 140 valence electrons. The number of benzene rings is 2. The maximum atomic E-state index is 7.31. The van der Waals surface area contributed by atoms with Gasteiger partial charge in [-0.3, -0.25) is 0 Å². The predicted octanol–water partition coefficient (Wildman–Crippen LogP) is 6.19. The second kappa shape index (κ2) is 5.27. The molecule has 3 heteroatoms. The van der Waals surface area contributed by atoms with E-state index in [2.05, 4.69) is 68.2 Å². The molecule has 2 aromatic rings.